The van der Waals surface area contributed by atoms with Gasteiger partial charge in [-0.2, -0.15) is 10.4 Å². The molecule has 0 unspecified atom stereocenters. The second-order valence-corrected chi connectivity index (χ2v) is 4.08. The second-order valence-electron chi connectivity index (χ2n) is 4.08. The van der Waals surface area contributed by atoms with Crippen molar-refractivity contribution in [3.8, 4) is 6.07 Å². The van der Waals surface area contributed by atoms with E-state index in [1.807, 2.05) is 13.8 Å². The van der Waals surface area contributed by atoms with E-state index in [9.17, 15) is 9.59 Å². The molecule has 0 rings (SSSR count). The zero-order valence-electron chi connectivity index (χ0n) is 11.9. The van der Waals surface area contributed by atoms with E-state index in [4.69, 9.17) is 10.00 Å². The molecule has 6 heteroatoms. The molecule has 0 heterocycles. The standard InChI is InChI=1S/C13H21N3O3/c1-5-13(6-2,12(18)19-7-3)10(4)15-16-11(17)8-9-14/h5-8H2,1-4H3,(H,16,17)/b15-10-. The van der Waals surface area contributed by atoms with Crippen LogP contribution in [0.5, 0.6) is 0 Å². The first-order valence-electron chi connectivity index (χ1n) is 6.36. The normalized spacial score (nSPS) is 11.6. The van der Waals surface area contributed by atoms with E-state index >= 15 is 0 Å². The Balaban J connectivity index is 5.07. The number of amides is 1. The molecule has 0 aromatic rings. The molecule has 0 aromatic carbocycles. The molecule has 0 saturated heterocycles. The summed E-state index contributed by atoms with van der Waals surface area (Å²) in [5, 5.41) is 12.3. The van der Waals surface area contributed by atoms with Crippen molar-refractivity contribution in [1.29, 1.82) is 5.26 Å². The van der Waals surface area contributed by atoms with E-state index in [0.717, 1.165) is 0 Å². The minimum absolute atomic E-state index is 0.262. The first-order chi connectivity index (χ1) is 8.98. The van der Waals surface area contributed by atoms with Crippen LogP contribution in [0.2, 0.25) is 0 Å². The van der Waals surface area contributed by atoms with Crippen LogP contribution >= 0.6 is 0 Å². The molecule has 106 valence electrons. The van der Waals surface area contributed by atoms with Crippen molar-refractivity contribution in [2.24, 2.45) is 10.5 Å². The van der Waals surface area contributed by atoms with Gasteiger partial charge < -0.3 is 4.74 Å². The molecule has 0 saturated carbocycles. The lowest BCUT2D eigenvalue weighted by atomic mass is 9.78. The summed E-state index contributed by atoms with van der Waals surface area (Å²) in [7, 11) is 0. The van der Waals surface area contributed by atoms with Gasteiger partial charge in [0.1, 0.15) is 11.8 Å². The van der Waals surface area contributed by atoms with Crippen LogP contribution in [0.4, 0.5) is 0 Å². The average molecular weight is 267 g/mol. The van der Waals surface area contributed by atoms with Gasteiger partial charge in [-0.25, -0.2) is 5.43 Å². The molecule has 0 aromatic heterocycles. The van der Waals surface area contributed by atoms with Crippen molar-refractivity contribution in [1.82, 2.24) is 5.43 Å². The summed E-state index contributed by atoms with van der Waals surface area (Å²) in [4.78, 5) is 23.3. The van der Waals surface area contributed by atoms with Gasteiger partial charge in [-0.3, -0.25) is 9.59 Å². The van der Waals surface area contributed by atoms with Crippen molar-refractivity contribution in [3.63, 3.8) is 0 Å². The summed E-state index contributed by atoms with van der Waals surface area (Å²) in [6, 6.07) is 1.73. The van der Waals surface area contributed by atoms with Gasteiger partial charge in [-0.05, 0) is 26.7 Å². The number of rotatable bonds is 7. The van der Waals surface area contributed by atoms with E-state index in [1.165, 1.54) is 0 Å². The van der Waals surface area contributed by atoms with Gasteiger partial charge in [0.25, 0.3) is 5.91 Å². The van der Waals surface area contributed by atoms with Crippen molar-refractivity contribution >= 4 is 17.6 Å². The van der Waals surface area contributed by atoms with Crippen LogP contribution in [0.15, 0.2) is 5.10 Å². The predicted molar refractivity (Wildman–Crippen MR) is 71.1 cm³/mol. The molecule has 1 N–H and O–H groups in total. The van der Waals surface area contributed by atoms with Gasteiger partial charge in [0.2, 0.25) is 0 Å². The molecule has 0 fully saturated rings. The highest BCUT2D eigenvalue weighted by molar-refractivity contribution is 6.05. The van der Waals surface area contributed by atoms with E-state index in [-0.39, 0.29) is 12.4 Å². The summed E-state index contributed by atoms with van der Waals surface area (Å²) >= 11 is 0. The van der Waals surface area contributed by atoms with Gasteiger partial charge in [0.05, 0.1) is 18.4 Å². The zero-order chi connectivity index (χ0) is 14.9. The zero-order valence-corrected chi connectivity index (χ0v) is 11.9. The summed E-state index contributed by atoms with van der Waals surface area (Å²) in [5.41, 5.74) is 1.94. The molecule has 1 amide bonds. The third-order valence-electron chi connectivity index (χ3n) is 3.15. The van der Waals surface area contributed by atoms with E-state index < -0.39 is 11.3 Å². The molecule has 19 heavy (non-hydrogen) atoms. The Bertz CT molecular complexity index is 392. The lowest BCUT2D eigenvalue weighted by Gasteiger charge is -2.28. The molecule has 0 aliphatic heterocycles. The number of esters is 1. The Morgan fingerprint density at radius 2 is 1.89 bits per heavy atom. The average Bonchev–Trinajstić information content (AvgIpc) is 2.39. The first kappa shape index (κ1) is 17.1. The molecular formula is C13H21N3O3. The maximum atomic E-state index is 12.1. The molecule has 6 nitrogen and oxygen atoms in total. The van der Waals surface area contributed by atoms with Crippen molar-refractivity contribution in [2.45, 2.75) is 47.0 Å². The Morgan fingerprint density at radius 1 is 1.32 bits per heavy atom. The smallest absolute Gasteiger partial charge is 0.317 e. The van der Waals surface area contributed by atoms with Crippen molar-refractivity contribution in [2.75, 3.05) is 6.61 Å². The number of hydrogen-bond acceptors (Lipinski definition) is 5. The largest absolute Gasteiger partial charge is 0.465 e. The van der Waals surface area contributed by atoms with Gasteiger partial charge in [-0.15, -0.1) is 0 Å². The lowest BCUT2D eigenvalue weighted by Crippen LogP contribution is -2.39. The molecule has 0 spiro atoms. The quantitative estimate of drug-likeness (QED) is 0.432. The first-order valence-corrected chi connectivity index (χ1v) is 6.36. The van der Waals surface area contributed by atoms with Crippen LogP contribution < -0.4 is 5.43 Å². The van der Waals surface area contributed by atoms with Crippen LogP contribution in [0.25, 0.3) is 0 Å². The third kappa shape index (κ3) is 4.36. The number of nitrogens with zero attached hydrogens (tertiary/aromatic N) is 2. The minimum atomic E-state index is -0.823. The Labute approximate surface area is 113 Å². The number of ether oxygens (including phenoxy) is 1. The van der Waals surface area contributed by atoms with Crippen LogP contribution in [0, 0.1) is 16.7 Å². The van der Waals surface area contributed by atoms with Crippen LogP contribution in [0.3, 0.4) is 0 Å². The monoisotopic (exact) mass is 267 g/mol. The summed E-state index contributed by atoms with van der Waals surface area (Å²) in [5.74, 6) is -0.831. The Kier molecular flexibility index (Phi) is 7.42. The number of nitrogens with one attached hydrogen (secondary N) is 1. The van der Waals surface area contributed by atoms with E-state index in [2.05, 4.69) is 10.5 Å². The van der Waals surface area contributed by atoms with Crippen LogP contribution in [0.1, 0.15) is 47.0 Å². The highest BCUT2D eigenvalue weighted by Crippen LogP contribution is 2.30. The number of nitriles is 1. The molecule has 0 radical (unpaired) electrons. The van der Waals surface area contributed by atoms with Gasteiger partial charge >= 0.3 is 5.97 Å². The molecule has 0 aliphatic rings. The summed E-state index contributed by atoms with van der Waals surface area (Å²) < 4.78 is 5.08. The SMILES string of the molecule is CCOC(=O)C(CC)(CC)/C(C)=N\NC(=O)CC#N. The highest BCUT2D eigenvalue weighted by Gasteiger charge is 2.39. The number of carbonyl (C=O) groups is 2. The lowest BCUT2D eigenvalue weighted by molar-refractivity contribution is -0.151. The third-order valence-corrected chi connectivity index (χ3v) is 3.15. The van der Waals surface area contributed by atoms with Gasteiger partial charge in [-0.1, -0.05) is 13.8 Å². The van der Waals surface area contributed by atoms with E-state index in [1.54, 1.807) is 19.9 Å². The van der Waals surface area contributed by atoms with Crippen LogP contribution in [-0.4, -0.2) is 24.2 Å². The topological polar surface area (TPSA) is 91.5 Å². The predicted octanol–water partition coefficient (Wildman–Crippen LogP) is 1.76. The second kappa shape index (κ2) is 8.25. The number of hydrogen-bond donors (Lipinski definition) is 1. The number of hydrazone groups is 1. The fraction of sp³-hybridized carbons (Fsp3) is 0.692. The highest BCUT2D eigenvalue weighted by atomic mass is 16.5. The molecule has 0 atom stereocenters. The summed E-state index contributed by atoms with van der Waals surface area (Å²) in [6.45, 7) is 7.47. The fourth-order valence-corrected chi connectivity index (χ4v) is 1.83. The van der Waals surface area contributed by atoms with Crippen molar-refractivity contribution in [3.05, 3.63) is 0 Å². The van der Waals surface area contributed by atoms with Gasteiger partial charge in [0.15, 0.2) is 0 Å². The van der Waals surface area contributed by atoms with Gasteiger partial charge in [0, 0.05) is 0 Å². The Hall–Kier alpha value is -1.90. The van der Waals surface area contributed by atoms with Crippen LogP contribution in [-0.2, 0) is 14.3 Å². The molecule has 0 bridgehead atoms. The fourth-order valence-electron chi connectivity index (χ4n) is 1.83. The van der Waals surface area contributed by atoms with Crippen molar-refractivity contribution < 1.29 is 14.3 Å². The maximum Gasteiger partial charge on any atom is 0.317 e. The minimum Gasteiger partial charge on any atom is -0.465 e. The summed E-state index contributed by atoms with van der Waals surface area (Å²) in [6.07, 6.45) is 0.805. The number of carbonyl (C=O) groups excluding carboxylic acids is 2. The molecular weight excluding hydrogens is 246 g/mol. The maximum absolute atomic E-state index is 12.1. The Morgan fingerprint density at radius 3 is 2.32 bits per heavy atom. The molecule has 0 aliphatic carbocycles. The van der Waals surface area contributed by atoms with E-state index in [0.29, 0.717) is 25.2 Å².